The quantitative estimate of drug-likeness (QED) is 0.835. The molecule has 124 valence electrons. The number of carbonyl (C=O) groups is 1. The van der Waals surface area contributed by atoms with Crippen molar-refractivity contribution in [2.45, 2.75) is 33.7 Å². The van der Waals surface area contributed by atoms with Gasteiger partial charge in [0.2, 0.25) is 5.91 Å². The molecule has 0 radical (unpaired) electrons. The fraction of sp³-hybridized carbons (Fsp3) is 0.562. The van der Waals surface area contributed by atoms with Crippen molar-refractivity contribution in [3.8, 4) is 0 Å². The maximum atomic E-state index is 12.4. The van der Waals surface area contributed by atoms with Gasteiger partial charge in [-0.25, -0.2) is 4.98 Å². The molecule has 2 aromatic heterocycles. The van der Waals surface area contributed by atoms with E-state index in [1.54, 1.807) is 18.3 Å². The Kier molecular flexibility index (Phi) is 4.25. The van der Waals surface area contributed by atoms with Crippen LogP contribution in [0.25, 0.3) is 10.2 Å². The summed E-state index contributed by atoms with van der Waals surface area (Å²) in [4.78, 5) is 36.7. The minimum Gasteiger partial charge on any atom is -0.332 e. The predicted octanol–water partition coefficient (Wildman–Crippen LogP) is 0.409. The van der Waals surface area contributed by atoms with Crippen molar-refractivity contribution < 1.29 is 9.69 Å². The van der Waals surface area contributed by atoms with Crippen molar-refractivity contribution in [2.24, 2.45) is 0 Å². The summed E-state index contributed by atoms with van der Waals surface area (Å²) >= 11 is 1.58. The molecule has 1 aliphatic rings. The third kappa shape index (κ3) is 2.90. The number of hydrogen-bond donors (Lipinski definition) is 2. The Morgan fingerprint density at radius 3 is 2.61 bits per heavy atom. The number of aromatic nitrogens is 2. The number of H-pyrrole nitrogens is 1. The van der Waals surface area contributed by atoms with Crippen molar-refractivity contribution in [2.75, 3.05) is 26.2 Å². The molecule has 0 aliphatic carbocycles. The van der Waals surface area contributed by atoms with Gasteiger partial charge in [0, 0.05) is 11.8 Å². The standard InChI is InChI=1S/C16H22N4O2S/c1-9-11(3)23-16-13(9)15(22)17-14(18-16)10(2)19-5-7-20(8-6-19)12(4)21/h10H,5-8H2,1-4H3,(H,17,18,22)/p+1/t10-/m1/s1. The predicted molar refractivity (Wildman–Crippen MR) is 91.1 cm³/mol. The first-order chi connectivity index (χ1) is 10.9. The smallest absolute Gasteiger partial charge is 0.260 e. The number of piperazine rings is 1. The second-order valence-electron chi connectivity index (χ2n) is 6.30. The second kappa shape index (κ2) is 6.05. The van der Waals surface area contributed by atoms with Gasteiger partial charge in [0.25, 0.3) is 5.56 Å². The SMILES string of the molecule is CC(=O)N1CC[NH+]([C@H](C)c2nc3sc(C)c(C)c3c(=O)[nH]2)CC1. The molecule has 0 bridgehead atoms. The van der Waals surface area contributed by atoms with Gasteiger partial charge in [-0.2, -0.15) is 0 Å². The molecule has 1 saturated heterocycles. The Balaban J connectivity index is 1.86. The first kappa shape index (κ1) is 16.1. The number of nitrogens with zero attached hydrogens (tertiary/aromatic N) is 2. The van der Waals surface area contributed by atoms with Gasteiger partial charge in [0.15, 0.2) is 5.82 Å². The number of fused-ring (bicyclic) bond motifs is 1. The molecule has 23 heavy (non-hydrogen) atoms. The van der Waals surface area contributed by atoms with Gasteiger partial charge in [-0.05, 0) is 26.3 Å². The average Bonchev–Trinajstić information content (AvgIpc) is 2.81. The summed E-state index contributed by atoms with van der Waals surface area (Å²) in [6.45, 7) is 11.0. The second-order valence-corrected chi connectivity index (χ2v) is 7.50. The summed E-state index contributed by atoms with van der Waals surface area (Å²) < 4.78 is 0. The van der Waals surface area contributed by atoms with Gasteiger partial charge >= 0.3 is 0 Å². The van der Waals surface area contributed by atoms with Crippen LogP contribution in [0.1, 0.15) is 36.2 Å². The van der Waals surface area contributed by atoms with Crippen LogP contribution in [0.4, 0.5) is 0 Å². The number of aryl methyl sites for hydroxylation is 2. The number of quaternary nitrogens is 1. The number of amides is 1. The normalized spacial score (nSPS) is 17.7. The monoisotopic (exact) mass is 335 g/mol. The summed E-state index contributed by atoms with van der Waals surface area (Å²) in [5.74, 6) is 0.879. The molecular formula is C16H23N4O2S+. The van der Waals surface area contributed by atoms with E-state index in [1.807, 2.05) is 18.7 Å². The fourth-order valence-electron chi connectivity index (χ4n) is 3.21. The average molecular weight is 335 g/mol. The molecule has 2 N–H and O–H groups in total. The minimum absolute atomic E-state index is 0.0412. The van der Waals surface area contributed by atoms with Gasteiger partial charge in [-0.3, -0.25) is 9.59 Å². The first-order valence-corrected chi connectivity index (χ1v) is 8.80. The highest BCUT2D eigenvalue weighted by atomic mass is 32.1. The van der Waals surface area contributed by atoms with Gasteiger partial charge in [-0.1, -0.05) is 0 Å². The van der Waals surface area contributed by atoms with E-state index in [0.29, 0.717) is 0 Å². The highest BCUT2D eigenvalue weighted by molar-refractivity contribution is 7.18. The van der Waals surface area contributed by atoms with Crippen LogP contribution < -0.4 is 10.5 Å². The number of carbonyl (C=O) groups excluding carboxylic acids is 1. The van der Waals surface area contributed by atoms with E-state index in [1.165, 1.54) is 4.90 Å². The Labute approximate surface area is 139 Å². The topological polar surface area (TPSA) is 70.5 Å². The van der Waals surface area contributed by atoms with Crippen molar-refractivity contribution >= 4 is 27.5 Å². The van der Waals surface area contributed by atoms with Crippen molar-refractivity contribution in [1.29, 1.82) is 0 Å². The maximum Gasteiger partial charge on any atom is 0.260 e. The van der Waals surface area contributed by atoms with E-state index in [-0.39, 0.29) is 17.5 Å². The summed E-state index contributed by atoms with van der Waals surface area (Å²) in [5.41, 5.74) is 0.987. The molecule has 3 heterocycles. The number of aromatic amines is 1. The summed E-state index contributed by atoms with van der Waals surface area (Å²) in [5, 5.41) is 0.722. The highest BCUT2D eigenvalue weighted by Crippen LogP contribution is 2.26. The lowest BCUT2D eigenvalue weighted by atomic mass is 10.2. The van der Waals surface area contributed by atoms with E-state index in [4.69, 9.17) is 4.98 Å². The van der Waals surface area contributed by atoms with E-state index < -0.39 is 0 Å². The lowest BCUT2D eigenvalue weighted by Gasteiger charge is -2.34. The van der Waals surface area contributed by atoms with Crippen LogP contribution in [0.15, 0.2) is 4.79 Å². The van der Waals surface area contributed by atoms with Crippen LogP contribution >= 0.6 is 11.3 Å². The highest BCUT2D eigenvalue weighted by Gasteiger charge is 2.28. The van der Waals surface area contributed by atoms with E-state index in [9.17, 15) is 9.59 Å². The van der Waals surface area contributed by atoms with Crippen LogP contribution in [0.5, 0.6) is 0 Å². The van der Waals surface area contributed by atoms with E-state index >= 15 is 0 Å². The molecule has 1 aliphatic heterocycles. The van der Waals surface area contributed by atoms with Crippen LogP contribution in [0.3, 0.4) is 0 Å². The third-order valence-electron chi connectivity index (χ3n) is 4.93. The number of rotatable bonds is 2. The van der Waals surface area contributed by atoms with Crippen LogP contribution in [0, 0.1) is 13.8 Å². The molecule has 1 amide bonds. The molecule has 0 saturated carbocycles. The lowest BCUT2D eigenvalue weighted by Crippen LogP contribution is -3.14. The zero-order valence-corrected chi connectivity index (χ0v) is 14.8. The Bertz CT molecular complexity index is 802. The largest absolute Gasteiger partial charge is 0.332 e. The van der Waals surface area contributed by atoms with Crippen molar-refractivity contribution in [3.63, 3.8) is 0 Å². The molecule has 0 spiro atoms. The Morgan fingerprint density at radius 1 is 1.35 bits per heavy atom. The van der Waals surface area contributed by atoms with E-state index in [0.717, 1.165) is 52.7 Å². The first-order valence-electron chi connectivity index (χ1n) is 7.98. The molecule has 3 rings (SSSR count). The molecule has 1 atom stereocenters. The molecule has 1 fully saturated rings. The molecule has 0 unspecified atom stereocenters. The van der Waals surface area contributed by atoms with Gasteiger partial charge in [0.1, 0.15) is 10.9 Å². The third-order valence-corrected chi connectivity index (χ3v) is 6.03. The minimum atomic E-state index is -0.0412. The maximum absolute atomic E-state index is 12.4. The Morgan fingerprint density at radius 2 is 2.00 bits per heavy atom. The molecule has 6 nitrogen and oxygen atoms in total. The van der Waals surface area contributed by atoms with Crippen LogP contribution in [0.2, 0.25) is 0 Å². The number of nitrogens with one attached hydrogen (secondary N) is 2. The number of hydrogen-bond acceptors (Lipinski definition) is 4. The molecule has 2 aromatic rings. The molecule has 0 aromatic carbocycles. The fourth-order valence-corrected chi connectivity index (χ4v) is 4.25. The summed E-state index contributed by atoms with van der Waals surface area (Å²) in [6, 6.07) is 0.115. The zero-order valence-electron chi connectivity index (χ0n) is 14.0. The van der Waals surface area contributed by atoms with Gasteiger partial charge in [0.05, 0.1) is 31.6 Å². The van der Waals surface area contributed by atoms with Crippen molar-refractivity contribution in [3.05, 3.63) is 26.6 Å². The van der Waals surface area contributed by atoms with Gasteiger partial charge < -0.3 is 14.8 Å². The number of thiophene rings is 1. The summed E-state index contributed by atoms with van der Waals surface area (Å²) in [6.07, 6.45) is 0. The van der Waals surface area contributed by atoms with Crippen LogP contribution in [-0.2, 0) is 4.79 Å². The summed E-state index contributed by atoms with van der Waals surface area (Å²) in [7, 11) is 0. The zero-order chi connectivity index (χ0) is 16.7. The lowest BCUT2D eigenvalue weighted by molar-refractivity contribution is -0.934. The molecule has 7 heteroatoms. The molecular weight excluding hydrogens is 312 g/mol. The Hall–Kier alpha value is -1.73. The van der Waals surface area contributed by atoms with Crippen LogP contribution in [-0.4, -0.2) is 47.0 Å². The van der Waals surface area contributed by atoms with E-state index in [2.05, 4.69) is 11.9 Å². The van der Waals surface area contributed by atoms with Crippen molar-refractivity contribution in [1.82, 2.24) is 14.9 Å². The van der Waals surface area contributed by atoms with Gasteiger partial charge in [-0.15, -0.1) is 11.3 Å².